The first kappa shape index (κ1) is 17.0. The van der Waals surface area contributed by atoms with Crippen LogP contribution < -0.4 is 0 Å². The number of nitrogens with zero attached hydrogens (tertiary/aromatic N) is 3. The van der Waals surface area contributed by atoms with E-state index in [4.69, 9.17) is 11.6 Å². The molecule has 3 aromatic rings. The lowest BCUT2D eigenvalue weighted by molar-refractivity contribution is 0.0565. The zero-order valence-electron chi connectivity index (χ0n) is 14.3. The van der Waals surface area contributed by atoms with E-state index in [0.717, 1.165) is 29.5 Å². The Kier molecular flexibility index (Phi) is 4.39. The molecule has 1 aliphatic rings. The first-order chi connectivity index (χ1) is 12.6. The molecular formula is C21H20ClN3O. The van der Waals surface area contributed by atoms with Crippen molar-refractivity contribution in [1.82, 2.24) is 14.8 Å². The highest BCUT2D eigenvalue weighted by Gasteiger charge is 2.56. The van der Waals surface area contributed by atoms with Gasteiger partial charge in [0.1, 0.15) is 18.3 Å². The first-order valence-electron chi connectivity index (χ1n) is 8.67. The third kappa shape index (κ3) is 3.30. The molecule has 1 fully saturated rings. The lowest BCUT2D eigenvalue weighted by atomic mass is 9.93. The molecule has 132 valence electrons. The molecule has 0 spiro atoms. The summed E-state index contributed by atoms with van der Waals surface area (Å²) >= 11 is 6.63. The fourth-order valence-electron chi connectivity index (χ4n) is 3.20. The standard InChI is InChI=1S/C21H20ClN3O/c22-20(12-13-20)21(26,14-25-16-23-15-24-25)11-10-18-8-4-5-9-19(18)17-6-2-1-3-7-17/h1-11,15-16,26H,12-14H2. The molecular weight excluding hydrogens is 346 g/mol. The van der Waals surface area contributed by atoms with Crippen LogP contribution in [0.2, 0.25) is 0 Å². The van der Waals surface area contributed by atoms with Gasteiger partial charge in [-0.15, -0.1) is 11.6 Å². The number of aliphatic hydroxyl groups is 1. The van der Waals surface area contributed by atoms with Crippen molar-refractivity contribution in [3.8, 4) is 11.1 Å². The predicted octanol–water partition coefficient (Wildman–Crippen LogP) is 4.16. The van der Waals surface area contributed by atoms with Crippen molar-refractivity contribution in [1.29, 1.82) is 0 Å². The largest absolute Gasteiger partial charge is 0.382 e. The average Bonchev–Trinajstić information content (AvgIpc) is 3.24. The molecule has 1 N–H and O–H groups in total. The normalized spacial score (nSPS) is 17.9. The molecule has 1 aliphatic carbocycles. The van der Waals surface area contributed by atoms with E-state index in [-0.39, 0.29) is 6.54 Å². The van der Waals surface area contributed by atoms with Crippen LogP contribution in [0, 0.1) is 0 Å². The summed E-state index contributed by atoms with van der Waals surface area (Å²) in [6, 6.07) is 18.4. The van der Waals surface area contributed by atoms with E-state index < -0.39 is 10.5 Å². The van der Waals surface area contributed by atoms with E-state index in [1.807, 2.05) is 48.6 Å². The molecule has 4 rings (SSSR count). The Morgan fingerprint density at radius 2 is 1.85 bits per heavy atom. The van der Waals surface area contributed by atoms with E-state index in [0.29, 0.717) is 0 Å². The average molecular weight is 366 g/mol. The lowest BCUT2D eigenvalue weighted by Crippen LogP contribution is -2.43. The number of alkyl halides is 1. The van der Waals surface area contributed by atoms with Crippen LogP contribution in [0.15, 0.2) is 73.3 Å². The molecule has 0 radical (unpaired) electrons. The number of benzene rings is 2. The Bertz CT molecular complexity index is 904. The second kappa shape index (κ2) is 6.71. The second-order valence-electron chi connectivity index (χ2n) is 6.77. The van der Waals surface area contributed by atoms with Gasteiger partial charge in [-0.05, 0) is 35.6 Å². The smallest absolute Gasteiger partial charge is 0.137 e. The van der Waals surface area contributed by atoms with Gasteiger partial charge in [-0.2, -0.15) is 5.10 Å². The minimum Gasteiger partial charge on any atom is -0.382 e. The number of aromatic nitrogens is 3. The number of rotatable bonds is 6. The van der Waals surface area contributed by atoms with Crippen LogP contribution in [0.25, 0.3) is 17.2 Å². The van der Waals surface area contributed by atoms with Gasteiger partial charge in [0.25, 0.3) is 0 Å². The van der Waals surface area contributed by atoms with Crippen LogP contribution in [-0.4, -0.2) is 30.3 Å². The van der Waals surface area contributed by atoms with E-state index in [1.165, 1.54) is 6.33 Å². The third-order valence-electron chi connectivity index (χ3n) is 4.92. The molecule has 0 saturated heterocycles. The van der Waals surface area contributed by atoms with Crippen LogP contribution in [0.3, 0.4) is 0 Å². The van der Waals surface area contributed by atoms with E-state index >= 15 is 0 Å². The SMILES string of the molecule is OC(C=Cc1ccccc1-c1ccccc1)(Cn1cncn1)C1(Cl)CC1. The van der Waals surface area contributed by atoms with Crippen molar-refractivity contribution in [3.63, 3.8) is 0 Å². The molecule has 1 atom stereocenters. The Hall–Kier alpha value is -2.43. The summed E-state index contributed by atoms with van der Waals surface area (Å²) in [7, 11) is 0. The molecule has 0 aliphatic heterocycles. The minimum atomic E-state index is -1.19. The summed E-state index contributed by atoms with van der Waals surface area (Å²) in [4.78, 5) is 3.31. The molecule has 26 heavy (non-hydrogen) atoms. The summed E-state index contributed by atoms with van der Waals surface area (Å²) in [5, 5.41) is 15.4. The molecule has 1 heterocycles. The monoisotopic (exact) mass is 365 g/mol. The Morgan fingerprint density at radius 1 is 1.12 bits per heavy atom. The molecule has 4 nitrogen and oxygen atoms in total. The Labute approximate surface area is 157 Å². The van der Waals surface area contributed by atoms with Crippen molar-refractivity contribution in [2.75, 3.05) is 0 Å². The topological polar surface area (TPSA) is 50.9 Å². The summed E-state index contributed by atoms with van der Waals surface area (Å²) in [5.74, 6) is 0. The summed E-state index contributed by atoms with van der Waals surface area (Å²) in [6.45, 7) is 0.278. The maximum atomic E-state index is 11.3. The maximum absolute atomic E-state index is 11.3. The highest BCUT2D eigenvalue weighted by molar-refractivity contribution is 6.27. The van der Waals surface area contributed by atoms with Gasteiger partial charge in [0.15, 0.2) is 0 Å². The number of hydrogen-bond donors (Lipinski definition) is 1. The van der Waals surface area contributed by atoms with Crippen LogP contribution in [-0.2, 0) is 6.54 Å². The van der Waals surface area contributed by atoms with Crippen molar-refractivity contribution >= 4 is 17.7 Å². The van der Waals surface area contributed by atoms with Crippen molar-refractivity contribution in [2.45, 2.75) is 29.9 Å². The van der Waals surface area contributed by atoms with Gasteiger partial charge in [0, 0.05) is 0 Å². The van der Waals surface area contributed by atoms with Gasteiger partial charge < -0.3 is 5.11 Å². The zero-order chi connectivity index (χ0) is 18.0. The van der Waals surface area contributed by atoms with Gasteiger partial charge in [-0.3, -0.25) is 0 Å². The quantitative estimate of drug-likeness (QED) is 0.667. The second-order valence-corrected chi connectivity index (χ2v) is 7.49. The van der Waals surface area contributed by atoms with Gasteiger partial charge in [-0.1, -0.05) is 60.7 Å². The van der Waals surface area contributed by atoms with E-state index in [2.05, 4.69) is 28.3 Å². The molecule has 1 unspecified atom stereocenters. The first-order valence-corrected chi connectivity index (χ1v) is 9.05. The van der Waals surface area contributed by atoms with Gasteiger partial charge >= 0.3 is 0 Å². The summed E-state index contributed by atoms with van der Waals surface area (Å²) in [6.07, 6.45) is 8.40. The zero-order valence-corrected chi connectivity index (χ0v) is 15.0. The van der Waals surface area contributed by atoms with Crippen molar-refractivity contribution in [3.05, 3.63) is 78.9 Å². The molecule has 1 aromatic heterocycles. The molecule has 0 amide bonds. The molecule has 0 bridgehead atoms. The fourth-order valence-corrected chi connectivity index (χ4v) is 3.42. The van der Waals surface area contributed by atoms with E-state index in [1.54, 1.807) is 11.0 Å². The van der Waals surface area contributed by atoms with Crippen molar-refractivity contribution < 1.29 is 5.11 Å². The third-order valence-corrected chi connectivity index (χ3v) is 5.62. The van der Waals surface area contributed by atoms with Gasteiger partial charge in [0.05, 0.1) is 11.4 Å². The van der Waals surface area contributed by atoms with E-state index in [9.17, 15) is 5.11 Å². The highest BCUT2D eigenvalue weighted by Crippen LogP contribution is 2.52. The fraction of sp³-hybridized carbons (Fsp3) is 0.238. The Balaban J connectivity index is 1.68. The Morgan fingerprint density at radius 3 is 2.54 bits per heavy atom. The summed E-state index contributed by atoms with van der Waals surface area (Å²) < 4.78 is 1.62. The van der Waals surface area contributed by atoms with Gasteiger partial charge in [0.2, 0.25) is 0 Å². The lowest BCUT2D eigenvalue weighted by Gasteiger charge is -2.29. The van der Waals surface area contributed by atoms with Crippen LogP contribution in [0.1, 0.15) is 18.4 Å². The summed E-state index contributed by atoms with van der Waals surface area (Å²) in [5.41, 5.74) is 2.11. The van der Waals surface area contributed by atoms with Crippen molar-refractivity contribution in [2.24, 2.45) is 0 Å². The maximum Gasteiger partial charge on any atom is 0.137 e. The number of hydrogen-bond acceptors (Lipinski definition) is 3. The van der Waals surface area contributed by atoms with Crippen LogP contribution in [0.5, 0.6) is 0 Å². The van der Waals surface area contributed by atoms with Crippen LogP contribution in [0.4, 0.5) is 0 Å². The predicted molar refractivity (Wildman–Crippen MR) is 104 cm³/mol. The molecule has 5 heteroatoms. The van der Waals surface area contributed by atoms with Crippen LogP contribution >= 0.6 is 11.6 Å². The molecule has 2 aromatic carbocycles. The number of halogens is 1. The molecule has 1 saturated carbocycles. The van der Waals surface area contributed by atoms with Gasteiger partial charge in [-0.25, -0.2) is 9.67 Å². The minimum absolute atomic E-state index is 0.278. The highest BCUT2D eigenvalue weighted by atomic mass is 35.5.